The van der Waals surface area contributed by atoms with Crippen molar-refractivity contribution in [2.75, 3.05) is 26.2 Å². The van der Waals surface area contributed by atoms with Gasteiger partial charge >= 0.3 is 0 Å². The van der Waals surface area contributed by atoms with Gasteiger partial charge in [-0.05, 0) is 46.2 Å². The predicted octanol–water partition coefficient (Wildman–Crippen LogP) is 2.18. The van der Waals surface area contributed by atoms with Crippen LogP contribution in [-0.2, 0) is 16.8 Å². The molecule has 0 bridgehead atoms. The van der Waals surface area contributed by atoms with Crippen LogP contribution in [0.2, 0.25) is 0 Å². The van der Waals surface area contributed by atoms with Gasteiger partial charge in [-0.1, -0.05) is 6.92 Å². The second kappa shape index (κ2) is 6.78. The number of carbonyl (C=O) groups excluding carboxylic acids is 1. The molecule has 2 aliphatic rings. The molecule has 1 saturated heterocycles. The van der Waals surface area contributed by atoms with Gasteiger partial charge < -0.3 is 9.88 Å². The average molecular weight is 371 g/mol. The Labute approximate surface area is 160 Å². The quantitative estimate of drug-likeness (QED) is 0.899. The molecule has 4 heterocycles. The number of hydrogen-bond acceptors (Lipinski definition) is 4. The highest BCUT2D eigenvalue weighted by Gasteiger charge is 2.46. The number of amides is 1. The largest absolute Gasteiger partial charge is 0.348 e. The zero-order chi connectivity index (χ0) is 19.2. The van der Waals surface area contributed by atoms with E-state index in [0.29, 0.717) is 0 Å². The molecular formula is C20H30N6O. The fourth-order valence-corrected chi connectivity index (χ4v) is 5.04. The third kappa shape index (κ3) is 2.88. The number of nitrogens with zero attached hydrogens (tertiary/aromatic N) is 5. The second-order valence-corrected chi connectivity index (χ2v) is 7.96. The Morgan fingerprint density at radius 3 is 2.67 bits per heavy atom. The summed E-state index contributed by atoms with van der Waals surface area (Å²) >= 11 is 0. The molecule has 1 atom stereocenters. The molecule has 1 fully saturated rings. The van der Waals surface area contributed by atoms with Crippen LogP contribution in [-0.4, -0.2) is 61.6 Å². The number of aromatic amines is 1. The Bertz CT molecular complexity index is 829. The van der Waals surface area contributed by atoms with Crippen LogP contribution in [0.3, 0.4) is 0 Å². The van der Waals surface area contributed by atoms with E-state index in [2.05, 4.69) is 26.9 Å². The maximum atomic E-state index is 13.1. The van der Waals surface area contributed by atoms with Crippen molar-refractivity contribution in [1.29, 1.82) is 0 Å². The second-order valence-electron chi connectivity index (χ2n) is 7.96. The number of piperidine rings is 1. The first-order valence-electron chi connectivity index (χ1n) is 10.1. The van der Waals surface area contributed by atoms with E-state index in [0.717, 1.165) is 56.8 Å². The molecule has 1 N–H and O–H groups in total. The van der Waals surface area contributed by atoms with E-state index >= 15 is 0 Å². The lowest BCUT2D eigenvalue weighted by Crippen LogP contribution is -2.57. The minimum absolute atomic E-state index is 0.0272. The SMILES string of the molecule is CCN1CCc2[nH]cnc2C12CCN(C(=O)[C@H](C)n1nc(C)cc1C)CC2. The van der Waals surface area contributed by atoms with Crippen molar-refractivity contribution in [3.8, 4) is 0 Å². The lowest BCUT2D eigenvalue weighted by molar-refractivity contribution is -0.138. The van der Waals surface area contributed by atoms with Crippen LogP contribution in [0.25, 0.3) is 0 Å². The smallest absolute Gasteiger partial charge is 0.247 e. The maximum Gasteiger partial charge on any atom is 0.247 e. The molecule has 2 aromatic heterocycles. The van der Waals surface area contributed by atoms with E-state index in [9.17, 15) is 4.79 Å². The zero-order valence-corrected chi connectivity index (χ0v) is 16.8. The summed E-state index contributed by atoms with van der Waals surface area (Å²) in [6.07, 6.45) is 4.74. The number of likely N-dealkylation sites (tertiary alicyclic amines) is 1. The van der Waals surface area contributed by atoms with Gasteiger partial charge in [0.1, 0.15) is 6.04 Å². The molecule has 1 spiro atoms. The third-order valence-electron chi connectivity index (χ3n) is 6.45. The van der Waals surface area contributed by atoms with Gasteiger partial charge in [0.15, 0.2) is 0 Å². The number of nitrogens with one attached hydrogen (secondary N) is 1. The third-order valence-corrected chi connectivity index (χ3v) is 6.45. The average Bonchev–Trinajstić information content (AvgIpc) is 3.28. The van der Waals surface area contributed by atoms with Crippen molar-refractivity contribution in [1.82, 2.24) is 29.5 Å². The summed E-state index contributed by atoms with van der Waals surface area (Å²) in [4.78, 5) is 25.7. The minimum Gasteiger partial charge on any atom is -0.348 e. The molecule has 146 valence electrons. The standard InChI is InChI=1S/C20H30N6O/c1-5-25-9-6-17-18(22-13-21-17)20(25)7-10-24(11-8-20)19(27)16(4)26-15(3)12-14(2)23-26/h12-13,16H,5-11H2,1-4H3,(H,21,22)/t16-/m0/s1. The van der Waals surface area contributed by atoms with Crippen LogP contribution in [0.1, 0.15) is 55.5 Å². The molecule has 0 unspecified atom stereocenters. The Morgan fingerprint density at radius 2 is 2.04 bits per heavy atom. The summed E-state index contributed by atoms with van der Waals surface area (Å²) in [6, 6.07) is 1.76. The van der Waals surface area contributed by atoms with Crippen LogP contribution in [0.4, 0.5) is 0 Å². The first kappa shape index (κ1) is 18.2. The Hall–Kier alpha value is -2.15. The molecule has 4 rings (SSSR count). The van der Waals surface area contributed by atoms with Crippen molar-refractivity contribution in [3.63, 3.8) is 0 Å². The molecule has 7 nitrogen and oxygen atoms in total. The summed E-state index contributed by atoms with van der Waals surface area (Å²) in [5.41, 5.74) is 4.44. The van der Waals surface area contributed by atoms with Crippen LogP contribution in [0.15, 0.2) is 12.4 Å². The number of hydrogen-bond donors (Lipinski definition) is 1. The monoisotopic (exact) mass is 370 g/mol. The lowest BCUT2D eigenvalue weighted by Gasteiger charge is -2.50. The van der Waals surface area contributed by atoms with Gasteiger partial charge in [-0.15, -0.1) is 0 Å². The fraction of sp³-hybridized carbons (Fsp3) is 0.650. The highest BCUT2D eigenvalue weighted by molar-refractivity contribution is 5.80. The summed E-state index contributed by atoms with van der Waals surface area (Å²) in [7, 11) is 0. The van der Waals surface area contributed by atoms with E-state index in [-0.39, 0.29) is 17.5 Å². The van der Waals surface area contributed by atoms with Gasteiger partial charge in [0, 0.05) is 37.4 Å². The number of likely N-dealkylation sites (N-methyl/N-ethyl adjacent to an activating group) is 1. The van der Waals surface area contributed by atoms with E-state index < -0.39 is 0 Å². The molecule has 0 radical (unpaired) electrons. The lowest BCUT2D eigenvalue weighted by atomic mass is 9.78. The molecular weight excluding hydrogens is 340 g/mol. The first-order chi connectivity index (χ1) is 13.0. The van der Waals surface area contributed by atoms with Gasteiger partial charge in [-0.2, -0.15) is 5.10 Å². The van der Waals surface area contributed by atoms with Crippen molar-refractivity contribution >= 4 is 5.91 Å². The van der Waals surface area contributed by atoms with Crippen LogP contribution in [0.5, 0.6) is 0 Å². The van der Waals surface area contributed by atoms with Crippen molar-refractivity contribution in [2.24, 2.45) is 0 Å². The number of aromatic nitrogens is 4. The Balaban J connectivity index is 1.52. The van der Waals surface area contributed by atoms with E-state index in [1.165, 1.54) is 11.4 Å². The number of rotatable bonds is 3. The van der Waals surface area contributed by atoms with Crippen LogP contribution >= 0.6 is 0 Å². The van der Waals surface area contributed by atoms with E-state index in [1.807, 2.05) is 42.7 Å². The summed E-state index contributed by atoms with van der Waals surface area (Å²) < 4.78 is 1.85. The molecule has 7 heteroatoms. The van der Waals surface area contributed by atoms with E-state index in [1.54, 1.807) is 0 Å². The van der Waals surface area contributed by atoms with Gasteiger partial charge in [0.25, 0.3) is 0 Å². The molecule has 27 heavy (non-hydrogen) atoms. The zero-order valence-electron chi connectivity index (χ0n) is 16.8. The number of imidazole rings is 1. The highest BCUT2D eigenvalue weighted by Crippen LogP contribution is 2.42. The molecule has 2 aromatic rings. The summed E-state index contributed by atoms with van der Waals surface area (Å²) in [6.45, 7) is 11.8. The van der Waals surface area contributed by atoms with Crippen molar-refractivity contribution < 1.29 is 4.79 Å². The Kier molecular flexibility index (Phi) is 4.58. The van der Waals surface area contributed by atoms with Crippen LogP contribution < -0.4 is 0 Å². The van der Waals surface area contributed by atoms with Gasteiger partial charge in [-0.25, -0.2) is 4.98 Å². The van der Waals surface area contributed by atoms with Gasteiger partial charge in [-0.3, -0.25) is 14.4 Å². The normalized spacial score (nSPS) is 20.7. The topological polar surface area (TPSA) is 70.1 Å². The first-order valence-corrected chi connectivity index (χ1v) is 10.1. The fourth-order valence-electron chi connectivity index (χ4n) is 5.04. The van der Waals surface area contributed by atoms with Crippen molar-refractivity contribution in [2.45, 2.75) is 58.5 Å². The number of H-pyrrole nitrogens is 1. The van der Waals surface area contributed by atoms with Gasteiger partial charge in [0.05, 0.1) is 23.3 Å². The van der Waals surface area contributed by atoms with Gasteiger partial charge in [0.2, 0.25) is 5.91 Å². The summed E-state index contributed by atoms with van der Waals surface area (Å²) in [5.74, 6) is 0.164. The maximum absolute atomic E-state index is 13.1. The Morgan fingerprint density at radius 1 is 1.30 bits per heavy atom. The molecule has 0 aliphatic carbocycles. The highest BCUT2D eigenvalue weighted by atomic mass is 16.2. The molecule has 0 saturated carbocycles. The molecule has 2 aliphatic heterocycles. The van der Waals surface area contributed by atoms with Crippen molar-refractivity contribution in [3.05, 3.63) is 35.2 Å². The van der Waals surface area contributed by atoms with Crippen LogP contribution in [0, 0.1) is 13.8 Å². The number of fused-ring (bicyclic) bond motifs is 2. The van der Waals surface area contributed by atoms with E-state index in [4.69, 9.17) is 0 Å². The molecule has 0 aromatic carbocycles. The predicted molar refractivity (Wildman–Crippen MR) is 103 cm³/mol. The minimum atomic E-state index is -0.262. The molecule has 1 amide bonds. The summed E-state index contributed by atoms with van der Waals surface area (Å²) in [5, 5.41) is 4.50. The number of carbonyl (C=O) groups is 1. The number of aryl methyl sites for hydroxylation is 2.